The van der Waals surface area contributed by atoms with Gasteiger partial charge < -0.3 is 38.9 Å². The van der Waals surface area contributed by atoms with Gasteiger partial charge in [-0.2, -0.15) is 4.98 Å². The number of benzene rings is 1. The summed E-state index contributed by atoms with van der Waals surface area (Å²) in [6.07, 6.45) is -2.14. The second-order valence-corrected chi connectivity index (χ2v) is 7.42. The van der Waals surface area contributed by atoms with Crippen molar-refractivity contribution in [2.75, 3.05) is 40.4 Å². The third-order valence-electron chi connectivity index (χ3n) is 5.02. The van der Waals surface area contributed by atoms with Crippen molar-refractivity contribution in [3.63, 3.8) is 0 Å². The summed E-state index contributed by atoms with van der Waals surface area (Å²) in [7, 11) is 5.86. The van der Waals surface area contributed by atoms with E-state index in [-0.39, 0.29) is 5.82 Å². The molecule has 1 aliphatic heterocycles. The number of ether oxygens (including phenoxy) is 4. The van der Waals surface area contributed by atoms with Gasteiger partial charge in [0.2, 0.25) is 12.6 Å². The lowest BCUT2D eigenvalue weighted by atomic mass is 10.2. The van der Waals surface area contributed by atoms with Crippen molar-refractivity contribution in [1.82, 2.24) is 9.55 Å². The Kier molecular flexibility index (Phi) is 10.9. The van der Waals surface area contributed by atoms with Crippen molar-refractivity contribution in [2.24, 2.45) is 0 Å². The molecule has 2 atom stereocenters. The molecule has 3 aromatic rings. The van der Waals surface area contributed by atoms with Gasteiger partial charge in [0, 0.05) is 38.3 Å². The second kappa shape index (κ2) is 13.6. The number of furan rings is 1. The van der Waals surface area contributed by atoms with Crippen molar-refractivity contribution in [1.29, 1.82) is 0 Å². The Bertz CT molecular complexity index is 1220. The maximum Gasteiger partial charge on any atom is 0.351 e. The van der Waals surface area contributed by atoms with Crippen LogP contribution in [0.15, 0.2) is 39.7 Å². The van der Waals surface area contributed by atoms with Crippen LogP contribution in [0.5, 0.6) is 11.5 Å². The average Bonchev–Trinajstić information content (AvgIpc) is 3.44. The van der Waals surface area contributed by atoms with Crippen LogP contribution in [0.1, 0.15) is 18.4 Å². The summed E-state index contributed by atoms with van der Waals surface area (Å²) in [5.74, 6) is -1.15. The molecule has 204 valence electrons. The van der Waals surface area contributed by atoms with Crippen molar-refractivity contribution < 1.29 is 47.2 Å². The number of carbonyl (C=O) groups excluding carboxylic acids is 1. The minimum absolute atomic E-state index is 0.0451. The van der Waals surface area contributed by atoms with Gasteiger partial charge in [0.1, 0.15) is 23.9 Å². The lowest BCUT2D eigenvalue weighted by molar-refractivity contribution is -0.120. The standard InChI is InChI=1S/C12H14O4.C10H11F2N3O4.CH4O/c1-13-7-10-5-8-4-9(14-2)6-11(15-3)12(8)16-10;11-10(12)3-6(4-16)19-8(10)15-2-1-7(13-5-17)14-9(15)18;1-2/h4-6H,7H2,1-3H3;1-2,5-6,8,16H,3-4H2,(H,13,14,17,18);2H,1H3. The minimum atomic E-state index is -3.28. The van der Waals surface area contributed by atoms with Crippen LogP contribution in [0, 0.1) is 0 Å². The van der Waals surface area contributed by atoms with E-state index in [1.807, 2.05) is 12.1 Å². The minimum Gasteiger partial charge on any atom is -0.497 e. The molecule has 0 spiro atoms. The highest BCUT2D eigenvalue weighted by molar-refractivity contribution is 5.85. The molecule has 0 radical (unpaired) electrons. The van der Waals surface area contributed by atoms with Crippen LogP contribution in [0.2, 0.25) is 0 Å². The van der Waals surface area contributed by atoms with E-state index < -0.39 is 37.0 Å². The first kappa shape index (κ1) is 29.6. The quantitative estimate of drug-likeness (QED) is 0.369. The number of aliphatic hydroxyl groups excluding tert-OH is 2. The molecule has 3 N–H and O–H groups in total. The number of rotatable bonds is 8. The SMILES string of the molecule is CO.COCc1cc2cc(OC)cc(OC)c2o1.O=CNc1ccn(C2OC(CO)CC2(F)F)c(=O)n1. The first-order valence-electron chi connectivity index (χ1n) is 10.8. The van der Waals surface area contributed by atoms with Crippen LogP contribution in [0.4, 0.5) is 14.6 Å². The fourth-order valence-electron chi connectivity index (χ4n) is 3.47. The maximum absolute atomic E-state index is 13.7. The fraction of sp³-hybridized carbons (Fsp3) is 0.435. The van der Waals surface area contributed by atoms with Gasteiger partial charge in [-0.25, -0.2) is 13.6 Å². The van der Waals surface area contributed by atoms with Gasteiger partial charge >= 0.3 is 5.69 Å². The Hall–Kier alpha value is -3.59. The van der Waals surface area contributed by atoms with E-state index >= 15 is 0 Å². The van der Waals surface area contributed by atoms with Gasteiger partial charge in [0.25, 0.3) is 5.92 Å². The normalized spacial score (nSPS) is 17.7. The van der Waals surface area contributed by atoms with Gasteiger partial charge in [0.05, 0.1) is 26.9 Å². The first-order valence-corrected chi connectivity index (χ1v) is 10.8. The summed E-state index contributed by atoms with van der Waals surface area (Å²) in [4.78, 5) is 25.2. The number of halogens is 2. The zero-order valence-electron chi connectivity index (χ0n) is 20.6. The Balaban J connectivity index is 0.000000247. The Morgan fingerprint density at radius 2 is 1.97 bits per heavy atom. The van der Waals surface area contributed by atoms with Crippen molar-refractivity contribution in [3.05, 3.63) is 46.7 Å². The van der Waals surface area contributed by atoms with Gasteiger partial charge in [0.15, 0.2) is 11.3 Å². The molecule has 2 unspecified atom stereocenters. The summed E-state index contributed by atoms with van der Waals surface area (Å²) < 4.78 is 54.0. The predicted octanol–water partition coefficient (Wildman–Crippen LogP) is 1.93. The molecule has 1 amide bonds. The highest BCUT2D eigenvalue weighted by atomic mass is 19.3. The summed E-state index contributed by atoms with van der Waals surface area (Å²) in [6.45, 7) is -0.112. The first-order chi connectivity index (χ1) is 17.8. The zero-order valence-corrected chi connectivity index (χ0v) is 20.6. The molecular formula is C23H29F2N3O9. The van der Waals surface area contributed by atoms with Crippen molar-refractivity contribution >= 4 is 23.2 Å². The van der Waals surface area contributed by atoms with E-state index in [0.29, 0.717) is 23.3 Å². The molecule has 0 aliphatic carbocycles. The number of alkyl halides is 2. The summed E-state index contributed by atoms with van der Waals surface area (Å²) in [5, 5.41) is 18.9. The number of methoxy groups -OCH3 is 3. The molecule has 3 heterocycles. The molecule has 0 bridgehead atoms. The van der Waals surface area contributed by atoms with Gasteiger partial charge in [-0.05, 0) is 18.2 Å². The molecule has 4 rings (SSSR count). The van der Waals surface area contributed by atoms with Crippen molar-refractivity contribution in [3.8, 4) is 11.5 Å². The number of fused-ring (bicyclic) bond motifs is 1. The highest BCUT2D eigenvalue weighted by Crippen LogP contribution is 2.41. The predicted molar refractivity (Wildman–Crippen MR) is 127 cm³/mol. The molecule has 1 aromatic carbocycles. The second-order valence-electron chi connectivity index (χ2n) is 7.42. The molecule has 0 saturated carbocycles. The topological polar surface area (TPSA) is 155 Å². The maximum atomic E-state index is 13.7. The van der Waals surface area contributed by atoms with Crippen LogP contribution < -0.4 is 20.5 Å². The summed E-state index contributed by atoms with van der Waals surface area (Å²) in [5.41, 5.74) is -0.259. The molecule has 37 heavy (non-hydrogen) atoms. The zero-order chi connectivity index (χ0) is 27.6. The fourth-order valence-corrected chi connectivity index (χ4v) is 3.47. The highest BCUT2D eigenvalue weighted by Gasteiger charge is 2.51. The molecule has 1 saturated heterocycles. The van der Waals surface area contributed by atoms with E-state index in [1.165, 1.54) is 6.07 Å². The number of aliphatic hydroxyl groups is 2. The van der Waals surface area contributed by atoms with E-state index in [9.17, 15) is 18.4 Å². The number of carbonyl (C=O) groups is 1. The third-order valence-corrected chi connectivity index (χ3v) is 5.02. The van der Waals surface area contributed by atoms with E-state index in [1.54, 1.807) is 27.4 Å². The van der Waals surface area contributed by atoms with E-state index in [4.69, 9.17) is 33.6 Å². The van der Waals surface area contributed by atoms with Crippen molar-refractivity contribution in [2.45, 2.75) is 31.3 Å². The number of anilines is 1. The number of hydrogen-bond donors (Lipinski definition) is 3. The number of nitrogens with zero attached hydrogens (tertiary/aromatic N) is 2. The number of nitrogens with one attached hydrogen (secondary N) is 1. The molecule has 1 aliphatic rings. The largest absolute Gasteiger partial charge is 0.497 e. The average molecular weight is 529 g/mol. The smallest absolute Gasteiger partial charge is 0.351 e. The van der Waals surface area contributed by atoms with Crippen LogP contribution in [-0.2, 0) is 20.9 Å². The van der Waals surface area contributed by atoms with Gasteiger partial charge in [-0.15, -0.1) is 0 Å². The number of hydrogen-bond acceptors (Lipinski definition) is 10. The Morgan fingerprint density at radius 1 is 1.24 bits per heavy atom. The number of amides is 1. The Morgan fingerprint density at radius 3 is 2.51 bits per heavy atom. The van der Waals surface area contributed by atoms with E-state index in [2.05, 4.69) is 10.3 Å². The Labute approximate surface area is 210 Å². The van der Waals surface area contributed by atoms with Gasteiger partial charge in [-0.3, -0.25) is 9.36 Å². The van der Waals surface area contributed by atoms with Gasteiger partial charge in [-0.1, -0.05) is 0 Å². The third kappa shape index (κ3) is 7.22. The lowest BCUT2D eigenvalue weighted by Gasteiger charge is -2.19. The van der Waals surface area contributed by atoms with E-state index in [0.717, 1.165) is 35.8 Å². The molecular weight excluding hydrogens is 500 g/mol. The summed E-state index contributed by atoms with van der Waals surface area (Å²) >= 11 is 0. The molecule has 2 aromatic heterocycles. The van der Waals surface area contributed by atoms with Crippen LogP contribution in [0.25, 0.3) is 11.0 Å². The monoisotopic (exact) mass is 529 g/mol. The molecule has 12 nitrogen and oxygen atoms in total. The molecule has 14 heteroatoms. The van der Waals surface area contributed by atoms with Crippen LogP contribution >= 0.6 is 0 Å². The summed E-state index contributed by atoms with van der Waals surface area (Å²) in [6, 6.07) is 6.81. The lowest BCUT2D eigenvalue weighted by Crippen LogP contribution is -2.35. The molecule has 1 fully saturated rings. The van der Waals surface area contributed by atoms with Crippen LogP contribution in [0.3, 0.4) is 0 Å². The number of aromatic nitrogens is 2. The van der Waals surface area contributed by atoms with Crippen LogP contribution in [-0.4, -0.2) is 73.2 Å².